The Balaban J connectivity index is 1.54. The number of anilines is 1. The van der Waals surface area contributed by atoms with E-state index >= 15 is 0 Å². The molecule has 6 nitrogen and oxygen atoms in total. The molecule has 1 aliphatic heterocycles. The van der Waals surface area contributed by atoms with Crippen LogP contribution in [0.25, 0.3) is 0 Å². The highest BCUT2D eigenvalue weighted by molar-refractivity contribution is 7.09. The number of carbonyl (C=O) groups is 2. The number of amides is 2. The molecule has 1 saturated heterocycles. The summed E-state index contributed by atoms with van der Waals surface area (Å²) >= 11 is 1.53. The number of aromatic nitrogens is 1. The molecule has 0 bridgehead atoms. The van der Waals surface area contributed by atoms with Crippen LogP contribution in [-0.4, -0.2) is 34.8 Å². The molecule has 0 radical (unpaired) electrons. The van der Waals surface area contributed by atoms with Gasteiger partial charge in [0.1, 0.15) is 5.69 Å². The van der Waals surface area contributed by atoms with Crippen LogP contribution in [0.1, 0.15) is 47.7 Å². The molecule has 0 spiro atoms. The molecule has 0 aliphatic carbocycles. The average molecular weight is 401 g/mol. The van der Waals surface area contributed by atoms with Crippen LogP contribution in [0, 0.1) is 11.8 Å². The summed E-state index contributed by atoms with van der Waals surface area (Å²) in [4.78, 5) is 30.5. The second-order valence-corrected chi connectivity index (χ2v) is 8.79. The van der Waals surface area contributed by atoms with Crippen molar-refractivity contribution in [3.63, 3.8) is 0 Å². The van der Waals surface area contributed by atoms with E-state index in [2.05, 4.69) is 29.0 Å². The first-order valence-corrected chi connectivity index (χ1v) is 10.6. The maximum absolute atomic E-state index is 12.4. The largest absolute Gasteiger partial charge is 0.369 e. The molecule has 2 aromatic rings. The summed E-state index contributed by atoms with van der Waals surface area (Å²) in [5, 5.41) is 5.71. The van der Waals surface area contributed by atoms with Crippen molar-refractivity contribution < 1.29 is 9.59 Å². The molecule has 1 unspecified atom stereocenters. The maximum atomic E-state index is 12.4. The summed E-state index contributed by atoms with van der Waals surface area (Å²) < 4.78 is 0. The summed E-state index contributed by atoms with van der Waals surface area (Å²) in [5.41, 5.74) is 7.82. The standard InChI is InChI=1S/C21H28N4O2S/c1-14(2)10-19-24-18(13-28-19)21(27)23-17-7-5-15(6-8-17)11-25-9-3-4-16(12-25)20(22)26/h5-8,13-14,16H,3-4,9-12H2,1-2H3,(H2,22,26)(H,23,27). The zero-order valence-electron chi connectivity index (χ0n) is 16.5. The molecular weight excluding hydrogens is 372 g/mol. The first-order valence-electron chi connectivity index (χ1n) is 9.77. The van der Waals surface area contributed by atoms with E-state index in [1.807, 2.05) is 29.6 Å². The molecule has 0 saturated carbocycles. The Morgan fingerprint density at radius 1 is 1.32 bits per heavy atom. The molecule has 2 amide bonds. The third kappa shape index (κ3) is 5.62. The molecule has 3 N–H and O–H groups in total. The lowest BCUT2D eigenvalue weighted by Gasteiger charge is -2.31. The predicted molar refractivity (Wildman–Crippen MR) is 112 cm³/mol. The number of primary amides is 1. The molecule has 28 heavy (non-hydrogen) atoms. The number of nitrogens with one attached hydrogen (secondary N) is 1. The number of nitrogens with two attached hydrogens (primary N) is 1. The number of benzene rings is 1. The molecular formula is C21H28N4O2S. The summed E-state index contributed by atoms with van der Waals surface area (Å²) in [7, 11) is 0. The van der Waals surface area contributed by atoms with Crippen molar-refractivity contribution in [2.45, 2.75) is 39.7 Å². The minimum absolute atomic E-state index is 0.0500. The van der Waals surface area contributed by atoms with E-state index in [4.69, 9.17) is 5.73 Å². The zero-order chi connectivity index (χ0) is 20.1. The first kappa shape index (κ1) is 20.5. The van der Waals surface area contributed by atoms with Crippen molar-refractivity contribution in [1.29, 1.82) is 0 Å². The van der Waals surface area contributed by atoms with Gasteiger partial charge in [0.15, 0.2) is 0 Å². The fourth-order valence-electron chi connectivity index (χ4n) is 3.44. The minimum Gasteiger partial charge on any atom is -0.369 e. The highest BCUT2D eigenvalue weighted by atomic mass is 32.1. The lowest BCUT2D eigenvalue weighted by Crippen LogP contribution is -2.40. The van der Waals surface area contributed by atoms with Gasteiger partial charge in [0, 0.05) is 30.6 Å². The van der Waals surface area contributed by atoms with Crippen LogP contribution in [-0.2, 0) is 17.8 Å². The van der Waals surface area contributed by atoms with Gasteiger partial charge in [-0.05, 0) is 43.0 Å². The fraction of sp³-hybridized carbons (Fsp3) is 0.476. The number of nitrogens with zero attached hydrogens (tertiary/aromatic N) is 2. The van der Waals surface area contributed by atoms with E-state index in [-0.39, 0.29) is 17.7 Å². The van der Waals surface area contributed by atoms with Crippen LogP contribution >= 0.6 is 11.3 Å². The number of hydrogen-bond donors (Lipinski definition) is 2. The second kappa shape index (κ2) is 9.30. The zero-order valence-corrected chi connectivity index (χ0v) is 17.3. The molecule has 150 valence electrons. The molecule has 2 heterocycles. The summed E-state index contributed by atoms with van der Waals surface area (Å²) in [6.45, 7) is 6.76. The third-order valence-electron chi connectivity index (χ3n) is 4.89. The van der Waals surface area contributed by atoms with Gasteiger partial charge in [-0.25, -0.2) is 4.98 Å². The van der Waals surface area contributed by atoms with Crippen LogP contribution in [0.2, 0.25) is 0 Å². The van der Waals surface area contributed by atoms with Gasteiger partial charge >= 0.3 is 0 Å². The number of thiazole rings is 1. The Labute approximate surface area is 170 Å². The van der Waals surface area contributed by atoms with E-state index in [0.29, 0.717) is 11.6 Å². The summed E-state index contributed by atoms with van der Waals surface area (Å²) in [6, 6.07) is 7.83. The third-order valence-corrected chi connectivity index (χ3v) is 5.76. The molecule has 7 heteroatoms. The van der Waals surface area contributed by atoms with Crippen LogP contribution in [0.4, 0.5) is 5.69 Å². The Bertz CT molecular complexity index is 816. The van der Waals surface area contributed by atoms with Crippen molar-refractivity contribution in [3.8, 4) is 0 Å². The number of likely N-dealkylation sites (tertiary alicyclic amines) is 1. The monoisotopic (exact) mass is 400 g/mol. The van der Waals surface area contributed by atoms with E-state index in [1.165, 1.54) is 11.3 Å². The van der Waals surface area contributed by atoms with E-state index in [9.17, 15) is 9.59 Å². The van der Waals surface area contributed by atoms with E-state index < -0.39 is 0 Å². The number of piperidine rings is 1. The lowest BCUT2D eigenvalue weighted by molar-refractivity contribution is -0.123. The van der Waals surface area contributed by atoms with E-state index in [1.54, 1.807) is 0 Å². The minimum atomic E-state index is -0.207. The Morgan fingerprint density at radius 2 is 2.07 bits per heavy atom. The van der Waals surface area contributed by atoms with Crippen LogP contribution in [0.15, 0.2) is 29.6 Å². The van der Waals surface area contributed by atoms with Crippen molar-refractivity contribution in [2.24, 2.45) is 17.6 Å². The number of rotatable bonds is 7. The van der Waals surface area contributed by atoms with Gasteiger partial charge in [0.05, 0.1) is 10.9 Å². The number of carbonyl (C=O) groups excluding carboxylic acids is 2. The van der Waals surface area contributed by atoms with Crippen LogP contribution in [0.5, 0.6) is 0 Å². The number of hydrogen-bond acceptors (Lipinski definition) is 5. The Kier molecular flexibility index (Phi) is 6.80. The maximum Gasteiger partial charge on any atom is 0.275 e. The van der Waals surface area contributed by atoms with E-state index in [0.717, 1.165) is 55.2 Å². The smallest absolute Gasteiger partial charge is 0.275 e. The lowest BCUT2D eigenvalue weighted by atomic mass is 9.97. The van der Waals surface area contributed by atoms with Crippen LogP contribution < -0.4 is 11.1 Å². The molecule has 1 aliphatic rings. The van der Waals surface area contributed by atoms with Crippen molar-refractivity contribution in [2.75, 3.05) is 18.4 Å². The Hall–Kier alpha value is -2.25. The molecule has 1 atom stereocenters. The fourth-order valence-corrected chi connectivity index (χ4v) is 4.42. The Morgan fingerprint density at radius 3 is 2.75 bits per heavy atom. The van der Waals surface area contributed by atoms with Gasteiger partial charge in [-0.2, -0.15) is 0 Å². The van der Waals surface area contributed by atoms with Gasteiger partial charge < -0.3 is 11.1 Å². The van der Waals surface area contributed by atoms with Crippen LogP contribution in [0.3, 0.4) is 0 Å². The quantitative estimate of drug-likeness (QED) is 0.746. The van der Waals surface area contributed by atoms with Crippen molar-refractivity contribution in [3.05, 3.63) is 45.9 Å². The SMILES string of the molecule is CC(C)Cc1nc(C(=O)Nc2ccc(CN3CCCC(C(N)=O)C3)cc2)cs1. The van der Waals surface area contributed by atoms with Gasteiger partial charge in [-0.1, -0.05) is 26.0 Å². The summed E-state index contributed by atoms with van der Waals surface area (Å²) in [5.74, 6) is 0.0828. The second-order valence-electron chi connectivity index (χ2n) is 7.85. The van der Waals surface area contributed by atoms with Gasteiger partial charge in [0.2, 0.25) is 5.91 Å². The first-order chi connectivity index (χ1) is 13.4. The predicted octanol–water partition coefficient (Wildman–Crippen LogP) is 3.29. The highest BCUT2D eigenvalue weighted by Crippen LogP contribution is 2.20. The molecule has 1 aromatic heterocycles. The highest BCUT2D eigenvalue weighted by Gasteiger charge is 2.23. The van der Waals surface area contributed by atoms with Gasteiger partial charge in [-0.3, -0.25) is 14.5 Å². The summed E-state index contributed by atoms with van der Waals surface area (Å²) in [6.07, 6.45) is 2.76. The van der Waals surface area contributed by atoms with Gasteiger partial charge in [0.25, 0.3) is 5.91 Å². The molecule has 3 rings (SSSR count). The molecule has 1 aromatic carbocycles. The molecule has 1 fully saturated rings. The topological polar surface area (TPSA) is 88.3 Å². The average Bonchev–Trinajstić information content (AvgIpc) is 3.11. The normalized spacial score (nSPS) is 17.6. The van der Waals surface area contributed by atoms with Crippen molar-refractivity contribution in [1.82, 2.24) is 9.88 Å². The van der Waals surface area contributed by atoms with Crippen molar-refractivity contribution >= 4 is 28.8 Å². The van der Waals surface area contributed by atoms with Gasteiger partial charge in [-0.15, -0.1) is 11.3 Å².